The highest BCUT2D eigenvalue weighted by Gasteiger charge is 2.22. The van der Waals surface area contributed by atoms with Crippen molar-refractivity contribution in [3.8, 4) is 11.5 Å². The van der Waals surface area contributed by atoms with Crippen molar-refractivity contribution in [3.05, 3.63) is 66.2 Å². The second-order valence-corrected chi connectivity index (χ2v) is 5.81. The van der Waals surface area contributed by atoms with Crippen LogP contribution >= 0.6 is 0 Å². The van der Waals surface area contributed by atoms with Crippen LogP contribution in [0.15, 0.2) is 60.7 Å². The molecule has 0 fully saturated rings. The minimum Gasteiger partial charge on any atom is -0.496 e. The molecule has 0 aliphatic heterocycles. The fourth-order valence-electron chi connectivity index (χ4n) is 2.87. The lowest BCUT2D eigenvalue weighted by Gasteiger charge is -2.18. The summed E-state index contributed by atoms with van der Waals surface area (Å²) in [6.07, 6.45) is 0.0178. The highest BCUT2D eigenvalue weighted by molar-refractivity contribution is 6.11. The molecule has 0 aliphatic rings. The zero-order valence-electron chi connectivity index (χ0n) is 14.4. The number of Topliss-reactive ketones (excluding diaryl/α,β-unsaturated/α-hetero) is 1. The third-order valence-electron chi connectivity index (χ3n) is 4.19. The Hall–Kier alpha value is -3.01. The van der Waals surface area contributed by atoms with Gasteiger partial charge in [-0.25, -0.2) is 0 Å². The molecule has 3 aromatic rings. The number of benzene rings is 3. The van der Waals surface area contributed by atoms with Crippen LogP contribution in [0.2, 0.25) is 0 Å². The second-order valence-electron chi connectivity index (χ2n) is 5.81. The van der Waals surface area contributed by atoms with E-state index in [1.807, 2.05) is 37.3 Å². The molecule has 0 bridgehead atoms. The van der Waals surface area contributed by atoms with Gasteiger partial charge in [-0.1, -0.05) is 31.2 Å². The number of carbonyl (C=O) groups is 1. The Balaban J connectivity index is 1.95. The predicted molar refractivity (Wildman–Crippen MR) is 100 cm³/mol. The van der Waals surface area contributed by atoms with Crippen molar-refractivity contribution >= 4 is 22.2 Å². The first-order valence-corrected chi connectivity index (χ1v) is 8.26. The van der Waals surface area contributed by atoms with Gasteiger partial charge in [0.1, 0.15) is 11.5 Å². The number of anilines is 1. The summed E-state index contributed by atoms with van der Waals surface area (Å²) in [4.78, 5) is 13.1. The minimum absolute atomic E-state index is 0.0434. The Morgan fingerprint density at radius 2 is 1.68 bits per heavy atom. The van der Waals surface area contributed by atoms with E-state index in [-0.39, 0.29) is 5.78 Å². The molecule has 3 aromatic carbocycles. The summed E-state index contributed by atoms with van der Waals surface area (Å²) >= 11 is 0. The fourth-order valence-corrected chi connectivity index (χ4v) is 2.87. The van der Waals surface area contributed by atoms with Crippen LogP contribution in [-0.2, 0) is 0 Å². The lowest BCUT2D eigenvalue weighted by Crippen LogP contribution is -2.27. The van der Waals surface area contributed by atoms with E-state index in [1.54, 1.807) is 37.4 Å². The number of nitrogens with two attached hydrogens (primary N) is 1. The molecule has 25 heavy (non-hydrogen) atoms. The van der Waals surface area contributed by atoms with Gasteiger partial charge < -0.3 is 15.2 Å². The van der Waals surface area contributed by atoms with Gasteiger partial charge >= 0.3 is 0 Å². The maximum atomic E-state index is 13.1. The standard InChI is InChI=1S/C21H21NO3/c1-3-19(25-15-10-8-14(22)9-11-15)21(23)18-12-13-20(24-2)17-7-5-4-6-16(17)18/h4-13,19H,3,22H2,1-2H3. The maximum Gasteiger partial charge on any atom is 0.203 e. The van der Waals surface area contributed by atoms with E-state index in [1.165, 1.54) is 0 Å². The third-order valence-corrected chi connectivity index (χ3v) is 4.19. The summed E-state index contributed by atoms with van der Waals surface area (Å²) in [5, 5.41) is 1.78. The lowest BCUT2D eigenvalue weighted by molar-refractivity contribution is 0.0788. The van der Waals surface area contributed by atoms with Crippen LogP contribution in [0, 0.1) is 0 Å². The molecule has 0 aliphatic carbocycles. The maximum absolute atomic E-state index is 13.1. The van der Waals surface area contributed by atoms with E-state index >= 15 is 0 Å². The van der Waals surface area contributed by atoms with Gasteiger partial charge in [-0.2, -0.15) is 0 Å². The first kappa shape index (κ1) is 16.8. The number of ether oxygens (including phenoxy) is 2. The highest BCUT2D eigenvalue weighted by atomic mass is 16.5. The predicted octanol–water partition coefficient (Wildman–Crippen LogP) is 4.47. The molecule has 3 rings (SSSR count). The van der Waals surface area contributed by atoms with Crippen molar-refractivity contribution in [2.75, 3.05) is 12.8 Å². The van der Waals surface area contributed by atoms with E-state index in [0.717, 1.165) is 16.5 Å². The van der Waals surface area contributed by atoms with Crippen LogP contribution in [0.5, 0.6) is 11.5 Å². The van der Waals surface area contributed by atoms with Gasteiger partial charge in [0.25, 0.3) is 0 Å². The van der Waals surface area contributed by atoms with E-state index in [0.29, 0.717) is 23.4 Å². The molecule has 0 heterocycles. The van der Waals surface area contributed by atoms with Crippen molar-refractivity contribution in [3.63, 3.8) is 0 Å². The molecule has 0 amide bonds. The summed E-state index contributed by atoms with van der Waals surface area (Å²) in [6.45, 7) is 1.94. The Morgan fingerprint density at radius 1 is 1.00 bits per heavy atom. The van der Waals surface area contributed by atoms with Crippen molar-refractivity contribution in [1.82, 2.24) is 0 Å². The van der Waals surface area contributed by atoms with Gasteiger partial charge in [-0.3, -0.25) is 4.79 Å². The normalized spacial score (nSPS) is 11.9. The number of ketones is 1. The largest absolute Gasteiger partial charge is 0.496 e. The molecule has 128 valence electrons. The number of hydrogen-bond acceptors (Lipinski definition) is 4. The molecular weight excluding hydrogens is 314 g/mol. The summed E-state index contributed by atoms with van der Waals surface area (Å²) < 4.78 is 11.3. The first-order valence-electron chi connectivity index (χ1n) is 8.26. The number of rotatable bonds is 6. The molecule has 0 saturated heterocycles. The monoisotopic (exact) mass is 335 g/mol. The van der Waals surface area contributed by atoms with Crippen LogP contribution in [0.25, 0.3) is 10.8 Å². The van der Waals surface area contributed by atoms with Crippen LogP contribution in [0.4, 0.5) is 5.69 Å². The van der Waals surface area contributed by atoms with Gasteiger partial charge in [0.05, 0.1) is 7.11 Å². The molecule has 4 nitrogen and oxygen atoms in total. The van der Waals surface area contributed by atoms with Gasteiger partial charge in [0.2, 0.25) is 5.78 Å². The van der Waals surface area contributed by atoms with E-state index in [4.69, 9.17) is 15.2 Å². The van der Waals surface area contributed by atoms with E-state index < -0.39 is 6.10 Å². The average molecular weight is 335 g/mol. The van der Waals surface area contributed by atoms with Gasteiger partial charge in [0.15, 0.2) is 6.10 Å². The second kappa shape index (κ2) is 7.26. The summed E-state index contributed by atoms with van der Waals surface area (Å²) in [5.74, 6) is 1.34. The first-order chi connectivity index (χ1) is 12.1. The highest BCUT2D eigenvalue weighted by Crippen LogP contribution is 2.30. The molecular formula is C21H21NO3. The van der Waals surface area contributed by atoms with Crippen molar-refractivity contribution < 1.29 is 14.3 Å². The number of carbonyl (C=O) groups excluding carboxylic acids is 1. The minimum atomic E-state index is -0.555. The Bertz CT molecular complexity index is 887. The molecule has 4 heteroatoms. The SMILES string of the molecule is CCC(Oc1ccc(N)cc1)C(=O)c1ccc(OC)c2ccccc12. The molecule has 1 unspecified atom stereocenters. The van der Waals surface area contributed by atoms with Crippen molar-refractivity contribution in [1.29, 1.82) is 0 Å². The Labute approximate surface area is 147 Å². The number of nitrogen functional groups attached to an aromatic ring is 1. The molecule has 2 N–H and O–H groups in total. The smallest absolute Gasteiger partial charge is 0.203 e. The van der Waals surface area contributed by atoms with Gasteiger partial charge in [-0.15, -0.1) is 0 Å². The molecule has 0 saturated carbocycles. The lowest BCUT2D eigenvalue weighted by atomic mass is 9.97. The molecule has 1 atom stereocenters. The summed E-state index contributed by atoms with van der Waals surface area (Å²) in [5.41, 5.74) is 6.99. The summed E-state index contributed by atoms with van der Waals surface area (Å²) in [7, 11) is 1.63. The zero-order chi connectivity index (χ0) is 17.8. The van der Waals surface area contributed by atoms with Crippen LogP contribution < -0.4 is 15.2 Å². The number of fused-ring (bicyclic) bond motifs is 1. The quantitative estimate of drug-likeness (QED) is 0.533. The number of methoxy groups -OCH3 is 1. The van der Waals surface area contributed by atoms with Crippen LogP contribution in [0.1, 0.15) is 23.7 Å². The van der Waals surface area contributed by atoms with Crippen LogP contribution in [0.3, 0.4) is 0 Å². The fraction of sp³-hybridized carbons (Fsp3) is 0.190. The molecule has 0 radical (unpaired) electrons. The van der Waals surface area contributed by atoms with Crippen molar-refractivity contribution in [2.45, 2.75) is 19.4 Å². The van der Waals surface area contributed by atoms with Gasteiger partial charge in [-0.05, 0) is 48.2 Å². The molecule has 0 aromatic heterocycles. The molecule has 0 spiro atoms. The Kier molecular flexibility index (Phi) is 4.89. The average Bonchev–Trinajstić information content (AvgIpc) is 2.66. The number of hydrogen-bond donors (Lipinski definition) is 1. The van der Waals surface area contributed by atoms with E-state index in [9.17, 15) is 4.79 Å². The van der Waals surface area contributed by atoms with Crippen molar-refractivity contribution in [2.24, 2.45) is 0 Å². The van der Waals surface area contributed by atoms with Crippen LogP contribution in [-0.4, -0.2) is 19.0 Å². The third kappa shape index (κ3) is 3.43. The topological polar surface area (TPSA) is 61.5 Å². The van der Waals surface area contributed by atoms with E-state index in [2.05, 4.69) is 0 Å². The van der Waals surface area contributed by atoms with Gasteiger partial charge in [0, 0.05) is 16.6 Å². The zero-order valence-corrected chi connectivity index (χ0v) is 14.4. The summed E-state index contributed by atoms with van der Waals surface area (Å²) in [6, 6.07) is 18.4. The Morgan fingerprint density at radius 3 is 2.32 bits per heavy atom.